The largest absolute Gasteiger partial charge is 0.465 e. The lowest BCUT2D eigenvalue weighted by molar-refractivity contribution is -0.135. The fraction of sp³-hybridized carbons (Fsp3) is 0.0714. The number of nitrogens with zero attached hydrogens (tertiary/aromatic N) is 3. The molecular weight excluding hydrogens is 242 g/mol. The molecule has 5 nitrogen and oxygen atoms in total. The first-order valence-corrected chi connectivity index (χ1v) is 5.54. The molecule has 1 heterocycles. The average molecular weight is 253 g/mol. The molecule has 1 aromatic carbocycles. The number of carbonyl (C=O) groups is 1. The van der Waals surface area contributed by atoms with Gasteiger partial charge in [-0.05, 0) is 18.2 Å². The molecule has 19 heavy (non-hydrogen) atoms. The minimum Gasteiger partial charge on any atom is -0.465 e. The lowest BCUT2D eigenvalue weighted by Gasteiger charge is -2.17. The molecule has 0 spiro atoms. The third-order valence-corrected chi connectivity index (χ3v) is 2.53. The number of rotatable bonds is 2. The fourth-order valence-electron chi connectivity index (χ4n) is 1.57. The maximum absolute atomic E-state index is 11.4. The van der Waals surface area contributed by atoms with Gasteiger partial charge in [0.1, 0.15) is 6.07 Å². The predicted molar refractivity (Wildman–Crippen MR) is 71.2 cm³/mol. The Balaban J connectivity index is 2.26. The molecule has 0 atom stereocenters. The smallest absolute Gasteiger partial charge is 0.350 e. The summed E-state index contributed by atoms with van der Waals surface area (Å²) in [4.78, 5) is 17.3. The summed E-state index contributed by atoms with van der Waals surface area (Å²) >= 11 is 0. The van der Waals surface area contributed by atoms with Gasteiger partial charge in [-0.1, -0.05) is 18.2 Å². The molecule has 0 radical (unpaired) electrons. The van der Waals surface area contributed by atoms with E-state index in [1.807, 2.05) is 30.3 Å². The Morgan fingerprint density at radius 1 is 1.37 bits per heavy atom. The standard InChI is InChI=1S/C14H11N3O2/c1-19-14(18)12(9-15)13-7-8-17(10-16-13)11-5-3-2-4-6-11/h2-8,10H,1H3/b13-12-. The number of para-hydroxylation sites is 1. The van der Waals surface area contributed by atoms with Gasteiger partial charge in [-0.3, -0.25) is 0 Å². The van der Waals surface area contributed by atoms with Gasteiger partial charge in [-0.2, -0.15) is 5.26 Å². The summed E-state index contributed by atoms with van der Waals surface area (Å²) in [6.45, 7) is 0. The normalized spacial score (nSPS) is 15.9. The third-order valence-electron chi connectivity index (χ3n) is 2.53. The first kappa shape index (κ1) is 12.6. The maximum atomic E-state index is 11.4. The van der Waals surface area contributed by atoms with Crippen LogP contribution in [-0.4, -0.2) is 19.4 Å². The summed E-state index contributed by atoms with van der Waals surface area (Å²) in [5, 5.41) is 8.93. The van der Waals surface area contributed by atoms with Gasteiger partial charge in [0.2, 0.25) is 0 Å². The van der Waals surface area contributed by atoms with Crippen molar-refractivity contribution in [3.8, 4) is 6.07 Å². The van der Waals surface area contributed by atoms with E-state index in [9.17, 15) is 4.79 Å². The van der Waals surface area contributed by atoms with E-state index in [1.165, 1.54) is 7.11 Å². The molecule has 0 bridgehead atoms. The van der Waals surface area contributed by atoms with Crippen molar-refractivity contribution in [2.45, 2.75) is 0 Å². The van der Waals surface area contributed by atoms with Crippen molar-refractivity contribution < 1.29 is 9.53 Å². The Morgan fingerprint density at radius 2 is 2.11 bits per heavy atom. The quantitative estimate of drug-likeness (QED) is 0.459. The van der Waals surface area contributed by atoms with Crippen LogP contribution >= 0.6 is 0 Å². The topological polar surface area (TPSA) is 65.7 Å². The van der Waals surface area contributed by atoms with Gasteiger partial charge in [0, 0.05) is 11.9 Å². The molecule has 0 saturated heterocycles. The van der Waals surface area contributed by atoms with Gasteiger partial charge >= 0.3 is 5.97 Å². The number of carbonyl (C=O) groups excluding carboxylic acids is 1. The van der Waals surface area contributed by atoms with Crippen LogP contribution in [0.25, 0.3) is 0 Å². The highest BCUT2D eigenvalue weighted by Crippen LogP contribution is 2.18. The fourth-order valence-corrected chi connectivity index (χ4v) is 1.57. The Labute approximate surface area is 110 Å². The molecule has 0 amide bonds. The van der Waals surface area contributed by atoms with Gasteiger partial charge in [0.25, 0.3) is 0 Å². The van der Waals surface area contributed by atoms with Crippen LogP contribution in [0.1, 0.15) is 0 Å². The van der Waals surface area contributed by atoms with Crippen molar-refractivity contribution in [1.29, 1.82) is 5.26 Å². The molecule has 0 fully saturated rings. The van der Waals surface area contributed by atoms with E-state index in [2.05, 4.69) is 9.73 Å². The van der Waals surface area contributed by atoms with E-state index in [4.69, 9.17) is 5.26 Å². The zero-order valence-electron chi connectivity index (χ0n) is 10.3. The number of nitriles is 1. The van der Waals surface area contributed by atoms with Crippen LogP contribution < -0.4 is 4.90 Å². The van der Waals surface area contributed by atoms with Crippen LogP contribution in [0.5, 0.6) is 0 Å². The van der Waals surface area contributed by atoms with E-state index in [0.29, 0.717) is 5.70 Å². The lowest BCUT2D eigenvalue weighted by Crippen LogP contribution is -2.17. The Kier molecular flexibility index (Phi) is 3.74. The molecule has 5 heteroatoms. The number of esters is 1. The number of methoxy groups -OCH3 is 1. The highest BCUT2D eigenvalue weighted by Gasteiger charge is 2.16. The van der Waals surface area contributed by atoms with Crippen molar-refractivity contribution in [1.82, 2.24) is 0 Å². The summed E-state index contributed by atoms with van der Waals surface area (Å²) in [6, 6.07) is 11.4. The number of anilines is 1. The highest BCUT2D eigenvalue weighted by atomic mass is 16.5. The number of benzene rings is 1. The van der Waals surface area contributed by atoms with Crippen molar-refractivity contribution in [2.75, 3.05) is 12.0 Å². The van der Waals surface area contributed by atoms with E-state index < -0.39 is 5.97 Å². The Bertz CT molecular complexity index is 593. The summed E-state index contributed by atoms with van der Waals surface area (Å²) in [5.41, 5.74) is 1.13. The summed E-state index contributed by atoms with van der Waals surface area (Å²) < 4.78 is 4.53. The zero-order valence-corrected chi connectivity index (χ0v) is 10.3. The van der Waals surface area contributed by atoms with Gasteiger partial charge in [-0.15, -0.1) is 0 Å². The zero-order chi connectivity index (χ0) is 13.7. The number of hydrogen-bond donors (Lipinski definition) is 0. The molecule has 2 rings (SSSR count). The summed E-state index contributed by atoms with van der Waals surface area (Å²) in [6.07, 6.45) is 4.88. The highest BCUT2D eigenvalue weighted by molar-refractivity contribution is 5.95. The molecule has 0 N–H and O–H groups in total. The van der Waals surface area contributed by atoms with Crippen molar-refractivity contribution in [2.24, 2.45) is 4.99 Å². The van der Waals surface area contributed by atoms with E-state index in [1.54, 1.807) is 29.6 Å². The van der Waals surface area contributed by atoms with Crippen LogP contribution in [0.4, 0.5) is 5.69 Å². The van der Waals surface area contributed by atoms with E-state index in [-0.39, 0.29) is 5.57 Å². The molecule has 1 aromatic rings. The number of ether oxygens (including phenoxy) is 1. The van der Waals surface area contributed by atoms with Gasteiger partial charge in [0.05, 0.1) is 19.1 Å². The van der Waals surface area contributed by atoms with E-state index >= 15 is 0 Å². The molecule has 0 unspecified atom stereocenters. The molecule has 1 aliphatic heterocycles. The number of aliphatic imine (C=N–C) groups is 1. The van der Waals surface area contributed by atoms with Gasteiger partial charge in [0.15, 0.2) is 5.57 Å². The molecule has 0 aliphatic carbocycles. The lowest BCUT2D eigenvalue weighted by atomic mass is 10.2. The molecule has 0 aromatic heterocycles. The minimum absolute atomic E-state index is 0.109. The van der Waals surface area contributed by atoms with Crippen molar-refractivity contribution in [3.05, 3.63) is 53.9 Å². The summed E-state index contributed by atoms with van der Waals surface area (Å²) in [7, 11) is 1.23. The van der Waals surface area contributed by atoms with Crippen LogP contribution in [0, 0.1) is 11.3 Å². The molecular formula is C14H11N3O2. The number of hydrogen-bond acceptors (Lipinski definition) is 5. The molecule has 1 aliphatic rings. The van der Waals surface area contributed by atoms with Crippen molar-refractivity contribution >= 4 is 18.0 Å². The minimum atomic E-state index is -0.688. The number of allylic oxidation sites excluding steroid dienone is 1. The van der Waals surface area contributed by atoms with Gasteiger partial charge in [-0.25, -0.2) is 9.79 Å². The second-order valence-electron chi connectivity index (χ2n) is 3.67. The molecule has 0 saturated carbocycles. The van der Waals surface area contributed by atoms with Crippen LogP contribution in [0.2, 0.25) is 0 Å². The summed E-state index contributed by atoms with van der Waals surface area (Å²) in [5.74, 6) is -0.688. The van der Waals surface area contributed by atoms with Gasteiger partial charge < -0.3 is 9.64 Å². The maximum Gasteiger partial charge on any atom is 0.350 e. The Morgan fingerprint density at radius 3 is 2.63 bits per heavy atom. The average Bonchev–Trinajstić information content (AvgIpc) is 2.49. The van der Waals surface area contributed by atoms with E-state index in [0.717, 1.165) is 5.69 Å². The first-order chi connectivity index (χ1) is 9.26. The monoisotopic (exact) mass is 253 g/mol. The molecule has 94 valence electrons. The second-order valence-corrected chi connectivity index (χ2v) is 3.67. The Hall–Kier alpha value is -2.87. The predicted octanol–water partition coefficient (Wildman–Crippen LogP) is 2.00. The van der Waals surface area contributed by atoms with Crippen LogP contribution in [0.15, 0.2) is 58.9 Å². The second kappa shape index (κ2) is 5.65. The third kappa shape index (κ3) is 2.69. The first-order valence-electron chi connectivity index (χ1n) is 5.54. The van der Waals surface area contributed by atoms with Crippen molar-refractivity contribution in [3.63, 3.8) is 0 Å². The van der Waals surface area contributed by atoms with Crippen LogP contribution in [0.3, 0.4) is 0 Å². The SMILES string of the molecule is COC(=O)/C(C#N)=C1/C=CN(c2ccccc2)C=N1. The van der Waals surface area contributed by atoms with Crippen LogP contribution in [-0.2, 0) is 9.53 Å².